The molecule has 0 saturated heterocycles. The maximum Gasteiger partial charge on any atom is 0.251 e. The molecule has 22 heavy (non-hydrogen) atoms. The second-order valence-electron chi connectivity index (χ2n) is 5.27. The highest BCUT2D eigenvalue weighted by Gasteiger charge is 2.38. The molecule has 2 rings (SSSR count). The standard InChI is InChI=1S/C14H21N3O3S.ClH/c1-16-14(18)11-5-7-12(8-6-11)21(19,20)17(2)13(9-15)10-3-4-10;/h5-8,10,13H,3-4,9,15H2,1-2H3,(H,16,18);1H. The van der Waals surface area contributed by atoms with Crippen molar-refractivity contribution in [2.45, 2.75) is 23.8 Å². The number of amides is 1. The Hall–Kier alpha value is -1.15. The van der Waals surface area contributed by atoms with Crippen molar-refractivity contribution >= 4 is 28.3 Å². The number of hydrogen-bond acceptors (Lipinski definition) is 4. The summed E-state index contributed by atoms with van der Waals surface area (Å²) in [5.74, 6) is 0.116. The molecule has 0 radical (unpaired) electrons. The SMILES string of the molecule is CNC(=O)c1ccc(S(=O)(=O)N(C)C(CN)C2CC2)cc1.Cl. The van der Waals surface area contributed by atoms with Gasteiger partial charge in [-0.15, -0.1) is 12.4 Å². The van der Waals surface area contributed by atoms with Crippen LogP contribution in [-0.4, -0.2) is 45.3 Å². The van der Waals surface area contributed by atoms with Gasteiger partial charge in [-0.3, -0.25) is 4.79 Å². The maximum absolute atomic E-state index is 12.6. The van der Waals surface area contributed by atoms with Gasteiger partial charge in [-0.2, -0.15) is 4.31 Å². The number of likely N-dealkylation sites (N-methyl/N-ethyl adjacent to an activating group) is 1. The quantitative estimate of drug-likeness (QED) is 0.797. The third-order valence-corrected chi connectivity index (χ3v) is 5.79. The van der Waals surface area contributed by atoms with Crippen molar-refractivity contribution in [3.8, 4) is 0 Å². The minimum absolute atomic E-state index is 0. The van der Waals surface area contributed by atoms with E-state index in [4.69, 9.17) is 5.73 Å². The van der Waals surface area contributed by atoms with E-state index >= 15 is 0 Å². The first-order valence-corrected chi connectivity index (χ1v) is 8.36. The van der Waals surface area contributed by atoms with E-state index in [-0.39, 0.29) is 29.3 Å². The number of carbonyl (C=O) groups is 1. The summed E-state index contributed by atoms with van der Waals surface area (Å²) in [6.07, 6.45) is 2.05. The summed E-state index contributed by atoms with van der Waals surface area (Å²) in [5.41, 5.74) is 6.14. The van der Waals surface area contributed by atoms with Crippen LogP contribution >= 0.6 is 12.4 Å². The molecule has 0 spiro atoms. The number of carbonyl (C=O) groups excluding carboxylic acids is 1. The molecule has 1 aromatic rings. The Labute approximate surface area is 137 Å². The van der Waals surface area contributed by atoms with Crippen LogP contribution in [0.15, 0.2) is 29.2 Å². The molecule has 6 nitrogen and oxygen atoms in total. The lowest BCUT2D eigenvalue weighted by atomic mass is 10.2. The number of nitrogens with zero attached hydrogens (tertiary/aromatic N) is 1. The van der Waals surface area contributed by atoms with Crippen molar-refractivity contribution in [2.75, 3.05) is 20.6 Å². The van der Waals surface area contributed by atoms with Crippen LogP contribution in [0.2, 0.25) is 0 Å². The zero-order valence-electron chi connectivity index (χ0n) is 12.7. The molecule has 1 unspecified atom stereocenters. The molecule has 0 bridgehead atoms. The van der Waals surface area contributed by atoms with Gasteiger partial charge in [-0.25, -0.2) is 8.42 Å². The van der Waals surface area contributed by atoms with Crippen LogP contribution in [0.4, 0.5) is 0 Å². The number of halogens is 1. The Morgan fingerprint density at radius 3 is 2.32 bits per heavy atom. The van der Waals surface area contributed by atoms with E-state index in [9.17, 15) is 13.2 Å². The molecule has 0 aromatic heterocycles. The van der Waals surface area contributed by atoms with E-state index < -0.39 is 10.0 Å². The molecular formula is C14H22ClN3O3S. The molecule has 0 aliphatic heterocycles. The van der Waals surface area contributed by atoms with Crippen LogP contribution < -0.4 is 11.1 Å². The summed E-state index contributed by atoms with van der Waals surface area (Å²) in [4.78, 5) is 11.7. The van der Waals surface area contributed by atoms with E-state index in [1.807, 2.05) is 0 Å². The zero-order valence-corrected chi connectivity index (χ0v) is 14.3. The predicted octanol–water partition coefficient (Wildman–Crippen LogP) is 0.826. The van der Waals surface area contributed by atoms with Gasteiger partial charge in [0.2, 0.25) is 10.0 Å². The Morgan fingerprint density at radius 2 is 1.91 bits per heavy atom. The molecule has 8 heteroatoms. The van der Waals surface area contributed by atoms with E-state index in [2.05, 4.69) is 5.32 Å². The molecule has 1 atom stereocenters. The van der Waals surface area contributed by atoms with Crippen LogP contribution in [0.25, 0.3) is 0 Å². The van der Waals surface area contributed by atoms with E-state index in [0.29, 0.717) is 18.0 Å². The highest BCUT2D eigenvalue weighted by molar-refractivity contribution is 7.89. The number of hydrogen-bond donors (Lipinski definition) is 2. The number of benzene rings is 1. The first-order valence-electron chi connectivity index (χ1n) is 6.92. The highest BCUT2D eigenvalue weighted by Crippen LogP contribution is 2.36. The smallest absolute Gasteiger partial charge is 0.251 e. The molecule has 1 amide bonds. The van der Waals surface area contributed by atoms with Crippen LogP contribution in [0.3, 0.4) is 0 Å². The summed E-state index contributed by atoms with van der Waals surface area (Å²) in [6.45, 7) is 0.316. The average Bonchev–Trinajstić information content (AvgIpc) is 3.32. The normalized spacial score (nSPS) is 16.0. The molecule has 1 aliphatic rings. The Morgan fingerprint density at radius 1 is 1.36 bits per heavy atom. The van der Waals surface area contributed by atoms with Crippen molar-refractivity contribution in [3.05, 3.63) is 29.8 Å². The number of nitrogens with two attached hydrogens (primary N) is 1. The Kier molecular flexibility index (Phi) is 6.37. The molecule has 1 aromatic carbocycles. The van der Waals surface area contributed by atoms with Gasteiger partial charge in [-0.05, 0) is 43.0 Å². The third kappa shape index (κ3) is 3.78. The van der Waals surface area contributed by atoms with E-state index in [1.165, 1.54) is 35.6 Å². The van der Waals surface area contributed by atoms with Crippen LogP contribution in [0.5, 0.6) is 0 Å². The fourth-order valence-electron chi connectivity index (χ4n) is 2.39. The monoisotopic (exact) mass is 347 g/mol. The second-order valence-corrected chi connectivity index (χ2v) is 7.26. The second kappa shape index (κ2) is 7.41. The lowest BCUT2D eigenvalue weighted by molar-refractivity contribution is 0.0963. The maximum atomic E-state index is 12.6. The van der Waals surface area contributed by atoms with Gasteiger partial charge in [0.25, 0.3) is 5.91 Å². The van der Waals surface area contributed by atoms with Crippen molar-refractivity contribution in [1.82, 2.24) is 9.62 Å². The van der Waals surface area contributed by atoms with Crippen molar-refractivity contribution in [2.24, 2.45) is 11.7 Å². The fourth-order valence-corrected chi connectivity index (χ4v) is 3.81. The number of nitrogens with one attached hydrogen (secondary N) is 1. The van der Waals surface area contributed by atoms with Gasteiger partial charge in [0.1, 0.15) is 0 Å². The summed E-state index contributed by atoms with van der Waals surface area (Å²) in [5, 5.41) is 2.50. The first kappa shape index (κ1) is 18.9. The zero-order chi connectivity index (χ0) is 15.6. The van der Waals surface area contributed by atoms with Gasteiger partial charge >= 0.3 is 0 Å². The van der Waals surface area contributed by atoms with E-state index in [0.717, 1.165) is 12.8 Å². The number of rotatable bonds is 6. The average molecular weight is 348 g/mol. The minimum Gasteiger partial charge on any atom is -0.355 e. The Bertz CT molecular complexity index is 615. The van der Waals surface area contributed by atoms with Gasteiger partial charge in [0, 0.05) is 32.2 Å². The third-order valence-electron chi connectivity index (χ3n) is 3.90. The predicted molar refractivity (Wildman–Crippen MR) is 87.6 cm³/mol. The molecule has 1 aliphatic carbocycles. The molecule has 1 fully saturated rings. The van der Waals surface area contributed by atoms with Gasteiger partial charge < -0.3 is 11.1 Å². The largest absolute Gasteiger partial charge is 0.355 e. The first-order chi connectivity index (χ1) is 9.91. The van der Waals surface area contributed by atoms with Crippen molar-refractivity contribution < 1.29 is 13.2 Å². The van der Waals surface area contributed by atoms with E-state index in [1.54, 1.807) is 7.05 Å². The topological polar surface area (TPSA) is 92.5 Å². The molecular weight excluding hydrogens is 326 g/mol. The van der Waals surface area contributed by atoms with Crippen LogP contribution in [0, 0.1) is 5.92 Å². The van der Waals surface area contributed by atoms with Crippen LogP contribution in [0.1, 0.15) is 23.2 Å². The lowest BCUT2D eigenvalue weighted by Gasteiger charge is -2.26. The molecule has 0 heterocycles. The van der Waals surface area contributed by atoms with Crippen LogP contribution in [-0.2, 0) is 10.0 Å². The minimum atomic E-state index is -3.58. The molecule has 3 N–H and O–H groups in total. The Balaban J connectivity index is 0.00000242. The lowest BCUT2D eigenvalue weighted by Crippen LogP contribution is -2.43. The molecule has 124 valence electrons. The molecule has 1 saturated carbocycles. The summed E-state index contributed by atoms with van der Waals surface area (Å²) in [7, 11) is -0.486. The fraction of sp³-hybridized carbons (Fsp3) is 0.500. The van der Waals surface area contributed by atoms with Crippen molar-refractivity contribution in [3.63, 3.8) is 0 Å². The van der Waals surface area contributed by atoms with Gasteiger partial charge in [0.15, 0.2) is 0 Å². The summed E-state index contributed by atoms with van der Waals surface area (Å²) >= 11 is 0. The highest BCUT2D eigenvalue weighted by atomic mass is 35.5. The summed E-state index contributed by atoms with van der Waals surface area (Å²) < 4.78 is 26.5. The summed E-state index contributed by atoms with van der Waals surface area (Å²) in [6, 6.07) is 5.77. The van der Waals surface area contributed by atoms with Gasteiger partial charge in [0.05, 0.1) is 4.90 Å². The van der Waals surface area contributed by atoms with Gasteiger partial charge in [-0.1, -0.05) is 0 Å². The number of sulfonamides is 1. The van der Waals surface area contributed by atoms with Crippen molar-refractivity contribution in [1.29, 1.82) is 0 Å².